The second-order valence-corrected chi connectivity index (χ2v) is 9.73. The lowest BCUT2D eigenvalue weighted by Crippen LogP contribution is -2.59. The molecule has 0 fully saturated rings. The molecule has 0 aromatic heterocycles. The minimum Gasteiger partial charge on any atom is -0.483 e. The zero-order valence-electron chi connectivity index (χ0n) is 22.2. The van der Waals surface area contributed by atoms with E-state index in [2.05, 4.69) is 21.3 Å². The Bertz CT molecular complexity index is 1080. The lowest BCUT2D eigenvalue weighted by molar-refractivity contribution is -0.135. The third-order valence-electron chi connectivity index (χ3n) is 6.71. The van der Waals surface area contributed by atoms with Gasteiger partial charge in [0.2, 0.25) is 17.7 Å². The van der Waals surface area contributed by atoms with Crippen molar-refractivity contribution < 1.29 is 19.1 Å². The number of ether oxygens (including phenoxy) is 1. The van der Waals surface area contributed by atoms with Gasteiger partial charge in [-0.3, -0.25) is 14.4 Å². The second kappa shape index (κ2) is 13.1. The SMILES string of the molecule is CCC(C)C1NC(=O)C(NC(=O)C(NC)C(C)C)C(c2ccccc2)Oc2ccc(cc2)C=CNC1=O. The molecule has 2 bridgehead atoms. The van der Waals surface area contributed by atoms with E-state index in [1.807, 2.05) is 70.2 Å². The Morgan fingerprint density at radius 3 is 2.27 bits per heavy atom. The Morgan fingerprint density at radius 2 is 1.68 bits per heavy atom. The summed E-state index contributed by atoms with van der Waals surface area (Å²) in [5.41, 5.74) is 1.60. The van der Waals surface area contributed by atoms with Gasteiger partial charge < -0.3 is 26.0 Å². The zero-order chi connectivity index (χ0) is 26.9. The van der Waals surface area contributed by atoms with E-state index in [1.165, 1.54) is 0 Å². The summed E-state index contributed by atoms with van der Waals surface area (Å²) in [6.07, 6.45) is 3.18. The van der Waals surface area contributed by atoms with Crippen molar-refractivity contribution in [1.82, 2.24) is 21.3 Å². The molecule has 2 heterocycles. The molecule has 2 aromatic rings. The molecule has 5 unspecified atom stereocenters. The van der Waals surface area contributed by atoms with Crippen molar-refractivity contribution in [3.8, 4) is 5.75 Å². The van der Waals surface area contributed by atoms with Crippen molar-refractivity contribution in [2.45, 2.75) is 58.3 Å². The average molecular weight is 507 g/mol. The van der Waals surface area contributed by atoms with Crippen LogP contribution in [0.25, 0.3) is 6.08 Å². The molecule has 4 N–H and O–H groups in total. The molecule has 37 heavy (non-hydrogen) atoms. The van der Waals surface area contributed by atoms with Gasteiger partial charge in [0.25, 0.3) is 0 Å². The highest BCUT2D eigenvalue weighted by Gasteiger charge is 2.37. The number of fused-ring (bicyclic) bond motifs is 10. The van der Waals surface area contributed by atoms with Crippen molar-refractivity contribution in [3.05, 3.63) is 71.9 Å². The number of carbonyl (C=O) groups excluding carboxylic acids is 3. The maximum Gasteiger partial charge on any atom is 0.247 e. The molecule has 4 rings (SSSR count). The van der Waals surface area contributed by atoms with Crippen LogP contribution in [0.2, 0.25) is 0 Å². The van der Waals surface area contributed by atoms with E-state index in [9.17, 15) is 14.4 Å². The molecular weight excluding hydrogens is 468 g/mol. The highest BCUT2D eigenvalue weighted by Crippen LogP contribution is 2.27. The summed E-state index contributed by atoms with van der Waals surface area (Å²) in [7, 11) is 1.71. The second-order valence-electron chi connectivity index (χ2n) is 9.73. The van der Waals surface area contributed by atoms with Gasteiger partial charge in [-0.25, -0.2) is 0 Å². The predicted molar refractivity (Wildman–Crippen MR) is 144 cm³/mol. The Kier molecular flexibility index (Phi) is 9.85. The number of amides is 3. The quantitative estimate of drug-likeness (QED) is 0.461. The summed E-state index contributed by atoms with van der Waals surface area (Å²) in [5, 5.41) is 11.6. The number of likely N-dealkylation sites (N-methyl/N-ethyl adjacent to an activating group) is 1. The fourth-order valence-electron chi connectivity index (χ4n) is 4.32. The molecule has 3 amide bonds. The standard InChI is InChI=1S/C29H38N4O4/c1-6-19(4)24-27(34)31-17-16-20-12-14-22(15-13-20)37-26(21-10-8-7-9-11-21)25(29(36)32-24)33-28(35)23(30-5)18(2)3/h7-19,23-26,30H,6H2,1-5H3,(H,31,34)(H,32,36)(H,33,35). The minimum absolute atomic E-state index is 0.0133. The topological polar surface area (TPSA) is 109 Å². The van der Waals surface area contributed by atoms with Crippen LogP contribution in [-0.2, 0) is 14.4 Å². The van der Waals surface area contributed by atoms with Gasteiger partial charge in [0.05, 0.1) is 6.04 Å². The molecule has 2 aromatic carbocycles. The summed E-state index contributed by atoms with van der Waals surface area (Å²) < 4.78 is 6.38. The summed E-state index contributed by atoms with van der Waals surface area (Å²) in [6, 6.07) is 14.2. The third-order valence-corrected chi connectivity index (χ3v) is 6.71. The van der Waals surface area contributed by atoms with Gasteiger partial charge in [0.15, 0.2) is 6.10 Å². The van der Waals surface area contributed by atoms with Crippen LogP contribution in [0.3, 0.4) is 0 Å². The number of hydrogen-bond acceptors (Lipinski definition) is 5. The summed E-state index contributed by atoms with van der Waals surface area (Å²) >= 11 is 0. The third kappa shape index (κ3) is 7.20. The number of carbonyl (C=O) groups is 3. The molecule has 0 aliphatic carbocycles. The smallest absolute Gasteiger partial charge is 0.247 e. The molecule has 8 heteroatoms. The highest BCUT2D eigenvalue weighted by molar-refractivity contribution is 5.94. The first-order valence-corrected chi connectivity index (χ1v) is 12.8. The molecule has 198 valence electrons. The summed E-state index contributed by atoms with van der Waals surface area (Å²) in [4.78, 5) is 40.3. The van der Waals surface area contributed by atoms with Gasteiger partial charge in [-0.05, 0) is 48.2 Å². The highest BCUT2D eigenvalue weighted by atomic mass is 16.5. The summed E-state index contributed by atoms with van der Waals surface area (Å²) in [5.74, 6) is -0.765. The van der Waals surface area contributed by atoms with Crippen molar-refractivity contribution in [2.24, 2.45) is 11.8 Å². The van der Waals surface area contributed by atoms with Crippen LogP contribution in [0.15, 0.2) is 60.8 Å². The molecule has 0 saturated heterocycles. The van der Waals surface area contributed by atoms with Crippen LogP contribution in [0.4, 0.5) is 0 Å². The lowest BCUT2D eigenvalue weighted by Gasteiger charge is -2.32. The van der Waals surface area contributed by atoms with E-state index >= 15 is 0 Å². The van der Waals surface area contributed by atoms with Gasteiger partial charge in [0, 0.05) is 6.20 Å². The van der Waals surface area contributed by atoms with Crippen LogP contribution in [-0.4, -0.2) is 42.9 Å². The lowest BCUT2D eigenvalue weighted by atomic mass is 9.95. The van der Waals surface area contributed by atoms with E-state index in [0.717, 1.165) is 5.56 Å². The summed E-state index contributed by atoms with van der Waals surface area (Å²) in [6.45, 7) is 7.72. The Balaban J connectivity index is 2.11. The molecule has 2 aliphatic rings. The van der Waals surface area contributed by atoms with Crippen LogP contribution in [0.5, 0.6) is 5.75 Å². The maximum absolute atomic E-state index is 13.9. The van der Waals surface area contributed by atoms with Crippen molar-refractivity contribution in [1.29, 1.82) is 0 Å². The Labute approximate surface area is 219 Å². The molecule has 0 radical (unpaired) electrons. The van der Waals surface area contributed by atoms with Crippen LogP contribution in [0.1, 0.15) is 51.3 Å². The molecule has 5 atom stereocenters. The molecule has 8 nitrogen and oxygen atoms in total. The van der Waals surface area contributed by atoms with Gasteiger partial charge >= 0.3 is 0 Å². The van der Waals surface area contributed by atoms with Crippen molar-refractivity contribution >= 4 is 23.8 Å². The van der Waals surface area contributed by atoms with E-state index in [4.69, 9.17) is 4.74 Å². The molecule has 0 saturated carbocycles. The van der Waals surface area contributed by atoms with E-state index in [-0.39, 0.29) is 23.7 Å². The van der Waals surface area contributed by atoms with Gasteiger partial charge in [-0.15, -0.1) is 0 Å². The van der Waals surface area contributed by atoms with Crippen LogP contribution < -0.4 is 26.0 Å². The normalized spacial score (nSPS) is 21.8. The monoisotopic (exact) mass is 506 g/mol. The van der Waals surface area contributed by atoms with E-state index < -0.39 is 30.1 Å². The average Bonchev–Trinajstić information content (AvgIpc) is 2.89. The zero-order valence-corrected chi connectivity index (χ0v) is 22.2. The number of rotatable bonds is 7. The molecule has 2 aliphatic heterocycles. The Hall–Kier alpha value is -3.65. The number of benzene rings is 2. The molecule has 0 spiro atoms. The number of hydrogen-bond donors (Lipinski definition) is 4. The Morgan fingerprint density at radius 1 is 1.00 bits per heavy atom. The minimum atomic E-state index is -1.11. The van der Waals surface area contributed by atoms with Crippen LogP contribution >= 0.6 is 0 Å². The maximum atomic E-state index is 13.9. The first kappa shape index (κ1) is 27.9. The van der Waals surface area contributed by atoms with Gasteiger partial charge in [0.1, 0.15) is 17.8 Å². The fraction of sp³-hybridized carbons (Fsp3) is 0.414. The van der Waals surface area contributed by atoms with Crippen LogP contribution in [0, 0.1) is 11.8 Å². The number of nitrogens with one attached hydrogen (secondary N) is 4. The van der Waals surface area contributed by atoms with Gasteiger partial charge in [-0.2, -0.15) is 0 Å². The largest absolute Gasteiger partial charge is 0.483 e. The van der Waals surface area contributed by atoms with E-state index in [1.54, 1.807) is 31.5 Å². The first-order chi connectivity index (χ1) is 17.7. The van der Waals surface area contributed by atoms with Gasteiger partial charge in [-0.1, -0.05) is 76.6 Å². The van der Waals surface area contributed by atoms with E-state index in [0.29, 0.717) is 17.7 Å². The van der Waals surface area contributed by atoms with Crippen molar-refractivity contribution in [2.75, 3.05) is 7.05 Å². The fourth-order valence-corrected chi connectivity index (χ4v) is 4.32. The molecular formula is C29H38N4O4. The van der Waals surface area contributed by atoms with Crippen molar-refractivity contribution in [3.63, 3.8) is 0 Å². The first-order valence-electron chi connectivity index (χ1n) is 12.8. The predicted octanol–water partition coefficient (Wildman–Crippen LogP) is 3.17.